The van der Waals surface area contributed by atoms with E-state index in [1.54, 1.807) is 0 Å². The van der Waals surface area contributed by atoms with Gasteiger partial charge in [0.05, 0.1) is 0 Å². The van der Waals surface area contributed by atoms with Gasteiger partial charge >= 0.3 is 0 Å². The molecular formula is C18H29BrN2. The molecule has 0 saturated carbocycles. The lowest BCUT2D eigenvalue weighted by atomic mass is 9.85. The fraction of sp³-hybridized carbons (Fsp3) is 0.667. The molecule has 3 heteroatoms. The standard InChI is InChI=1S/C18H29BrN2/c1-5-17(20)9-15-6-7-16(19)10-18(15)21-11-12(2)8-13(3)14(21)4/h6-7,10,12-14,17H,5,8-9,11,20H2,1-4H3. The SMILES string of the molecule is CCC(N)Cc1ccc(Br)cc1N1CC(C)CC(C)C1C. The zero-order chi connectivity index (χ0) is 15.6. The summed E-state index contributed by atoms with van der Waals surface area (Å²) in [7, 11) is 0. The molecule has 1 fully saturated rings. The first-order chi connectivity index (χ1) is 9.92. The number of hydrogen-bond acceptors (Lipinski definition) is 2. The van der Waals surface area contributed by atoms with Crippen molar-refractivity contribution in [3.05, 3.63) is 28.2 Å². The highest BCUT2D eigenvalue weighted by molar-refractivity contribution is 9.10. The van der Waals surface area contributed by atoms with Crippen molar-refractivity contribution in [2.75, 3.05) is 11.4 Å². The van der Waals surface area contributed by atoms with Crippen LogP contribution in [0.2, 0.25) is 0 Å². The third kappa shape index (κ3) is 4.01. The molecule has 118 valence electrons. The number of nitrogens with two attached hydrogens (primary N) is 1. The van der Waals surface area contributed by atoms with E-state index in [-0.39, 0.29) is 6.04 Å². The molecule has 0 aliphatic carbocycles. The highest BCUT2D eigenvalue weighted by Crippen LogP contribution is 2.35. The monoisotopic (exact) mass is 352 g/mol. The molecule has 0 spiro atoms. The van der Waals surface area contributed by atoms with Crippen LogP contribution in [0.3, 0.4) is 0 Å². The second kappa shape index (κ2) is 7.15. The minimum Gasteiger partial charge on any atom is -0.368 e. The number of piperidine rings is 1. The number of rotatable bonds is 4. The van der Waals surface area contributed by atoms with Gasteiger partial charge in [0.1, 0.15) is 0 Å². The maximum atomic E-state index is 6.20. The largest absolute Gasteiger partial charge is 0.368 e. The fourth-order valence-electron chi connectivity index (χ4n) is 3.44. The average molecular weight is 353 g/mol. The van der Waals surface area contributed by atoms with E-state index in [1.165, 1.54) is 17.7 Å². The number of benzene rings is 1. The van der Waals surface area contributed by atoms with Gasteiger partial charge in [0, 0.05) is 28.8 Å². The Morgan fingerprint density at radius 3 is 2.71 bits per heavy atom. The van der Waals surface area contributed by atoms with Crippen molar-refractivity contribution in [2.24, 2.45) is 17.6 Å². The Hall–Kier alpha value is -0.540. The predicted octanol–water partition coefficient (Wildman–Crippen LogP) is 4.60. The van der Waals surface area contributed by atoms with Gasteiger partial charge in [-0.25, -0.2) is 0 Å². The molecule has 4 unspecified atom stereocenters. The van der Waals surface area contributed by atoms with Crippen LogP contribution in [0.4, 0.5) is 5.69 Å². The van der Waals surface area contributed by atoms with Gasteiger partial charge in [0.15, 0.2) is 0 Å². The van der Waals surface area contributed by atoms with Crippen molar-refractivity contribution in [3.63, 3.8) is 0 Å². The molecular weight excluding hydrogens is 324 g/mol. The predicted molar refractivity (Wildman–Crippen MR) is 95.9 cm³/mol. The third-order valence-corrected chi connectivity index (χ3v) is 5.45. The number of nitrogens with zero attached hydrogens (tertiary/aromatic N) is 1. The highest BCUT2D eigenvalue weighted by Gasteiger charge is 2.30. The quantitative estimate of drug-likeness (QED) is 0.857. The maximum absolute atomic E-state index is 6.20. The smallest absolute Gasteiger partial charge is 0.0413 e. The van der Waals surface area contributed by atoms with Crippen LogP contribution in [0.5, 0.6) is 0 Å². The Kier molecular flexibility index (Phi) is 5.73. The summed E-state index contributed by atoms with van der Waals surface area (Å²) in [5, 5.41) is 0. The molecule has 2 N–H and O–H groups in total. The van der Waals surface area contributed by atoms with E-state index in [4.69, 9.17) is 5.73 Å². The second-order valence-electron chi connectivity index (χ2n) is 6.86. The van der Waals surface area contributed by atoms with E-state index < -0.39 is 0 Å². The summed E-state index contributed by atoms with van der Waals surface area (Å²) in [6.07, 6.45) is 3.32. The van der Waals surface area contributed by atoms with Gasteiger partial charge in [-0.1, -0.05) is 42.8 Å². The van der Waals surface area contributed by atoms with Crippen LogP contribution in [-0.4, -0.2) is 18.6 Å². The molecule has 1 aromatic carbocycles. The Morgan fingerprint density at radius 2 is 2.05 bits per heavy atom. The number of hydrogen-bond donors (Lipinski definition) is 1. The first kappa shape index (κ1) is 16.8. The van der Waals surface area contributed by atoms with E-state index in [1.807, 2.05) is 0 Å². The van der Waals surface area contributed by atoms with Crippen LogP contribution < -0.4 is 10.6 Å². The number of anilines is 1. The topological polar surface area (TPSA) is 29.3 Å². The van der Waals surface area contributed by atoms with E-state index >= 15 is 0 Å². The van der Waals surface area contributed by atoms with Gasteiger partial charge < -0.3 is 10.6 Å². The van der Waals surface area contributed by atoms with Crippen molar-refractivity contribution >= 4 is 21.6 Å². The van der Waals surface area contributed by atoms with E-state index in [0.717, 1.165) is 35.7 Å². The minimum absolute atomic E-state index is 0.250. The summed E-state index contributed by atoms with van der Waals surface area (Å²) in [5.74, 6) is 1.49. The molecule has 1 saturated heterocycles. The van der Waals surface area contributed by atoms with Crippen LogP contribution >= 0.6 is 15.9 Å². The fourth-order valence-corrected chi connectivity index (χ4v) is 3.79. The van der Waals surface area contributed by atoms with E-state index in [0.29, 0.717) is 6.04 Å². The van der Waals surface area contributed by atoms with Crippen molar-refractivity contribution in [1.82, 2.24) is 0 Å². The molecule has 2 nitrogen and oxygen atoms in total. The van der Waals surface area contributed by atoms with Crippen molar-refractivity contribution in [3.8, 4) is 0 Å². The molecule has 21 heavy (non-hydrogen) atoms. The van der Waals surface area contributed by atoms with Gasteiger partial charge in [-0.2, -0.15) is 0 Å². The molecule has 1 heterocycles. The minimum atomic E-state index is 0.250. The molecule has 0 radical (unpaired) electrons. The van der Waals surface area contributed by atoms with E-state index in [9.17, 15) is 0 Å². The van der Waals surface area contributed by atoms with Crippen LogP contribution in [-0.2, 0) is 6.42 Å². The van der Waals surface area contributed by atoms with Gasteiger partial charge in [-0.05, 0) is 55.7 Å². The average Bonchev–Trinajstić information content (AvgIpc) is 2.44. The summed E-state index contributed by atoms with van der Waals surface area (Å²) in [6.45, 7) is 10.4. The summed E-state index contributed by atoms with van der Waals surface area (Å²) >= 11 is 3.64. The van der Waals surface area contributed by atoms with Gasteiger partial charge in [0.2, 0.25) is 0 Å². The van der Waals surface area contributed by atoms with Gasteiger partial charge in [-0.3, -0.25) is 0 Å². The van der Waals surface area contributed by atoms with Crippen molar-refractivity contribution < 1.29 is 0 Å². The van der Waals surface area contributed by atoms with Gasteiger partial charge in [-0.15, -0.1) is 0 Å². The van der Waals surface area contributed by atoms with Crippen molar-refractivity contribution in [2.45, 2.75) is 59.0 Å². The summed E-state index contributed by atoms with van der Waals surface area (Å²) in [4.78, 5) is 2.60. The molecule has 1 aromatic rings. The maximum Gasteiger partial charge on any atom is 0.0413 e. The van der Waals surface area contributed by atoms with Crippen LogP contribution in [0.15, 0.2) is 22.7 Å². The zero-order valence-corrected chi connectivity index (χ0v) is 15.4. The van der Waals surface area contributed by atoms with Crippen LogP contribution in [0, 0.1) is 11.8 Å². The zero-order valence-electron chi connectivity index (χ0n) is 13.8. The molecule has 2 rings (SSSR count). The highest BCUT2D eigenvalue weighted by atomic mass is 79.9. The lowest BCUT2D eigenvalue weighted by Gasteiger charge is -2.43. The van der Waals surface area contributed by atoms with E-state index in [2.05, 4.69) is 66.7 Å². The van der Waals surface area contributed by atoms with Crippen molar-refractivity contribution in [1.29, 1.82) is 0 Å². The third-order valence-electron chi connectivity index (χ3n) is 4.96. The number of halogens is 1. The Balaban J connectivity index is 2.34. The second-order valence-corrected chi connectivity index (χ2v) is 7.77. The lowest BCUT2D eigenvalue weighted by Crippen LogP contribution is -2.46. The molecule has 4 atom stereocenters. The molecule has 1 aliphatic heterocycles. The first-order valence-electron chi connectivity index (χ1n) is 8.23. The first-order valence-corrected chi connectivity index (χ1v) is 9.02. The normalized spacial score (nSPS) is 27.7. The summed E-state index contributed by atoms with van der Waals surface area (Å²) in [6, 6.07) is 7.50. The Labute approximate surface area is 138 Å². The van der Waals surface area contributed by atoms with Crippen LogP contribution in [0.1, 0.15) is 46.1 Å². The lowest BCUT2D eigenvalue weighted by molar-refractivity contribution is 0.296. The van der Waals surface area contributed by atoms with Crippen LogP contribution in [0.25, 0.3) is 0 Å². The Morgan fingerprint density at radius 1 is 1.33 bits per heavy atom. The summed E-state index contributed by atoms with van der Waals surface area (Å²) < 4.78 is 1.16. The molecule has 0 aromatic heterocycles. The molecule has 0 bridgehead atoms. The Bertz CT molecular complexity index is 474. The molecule has 1 aliphatic rings. The van der Waals surface area contributed by atoms with Gasteiger partial charge in [0.25, 0.3) is 0 Å². The molecule has 0 amide bonds. The summed E-state index contributed by atoms with van der Waals surface area (Å²) in [5.41, 5.74) is 8.96.